The highest BCUT2D eigenvalue weighted by Crippen LogP contribution is 2.25. The zero-order valence-electron chi connectivity index (χ0n) is 13.1. The third-order valence-corrected chi connectivity index (χ3v) is 4.36. The molecule has 2 aromatic heterocycles. The van der Waals surface area contributed by atoms with Gasteiger partial charge in [0.15, 0.2) is 11.6 Å². The minimum Gasteiger partial charge on any atom is -0.461 e. The third kappa shape index (κ3) is 3.02. The Morgan fingerprint density at radius 3 is 2.70 bits per heavy atom. The predicted molar refractivity (Wildman–Crippen MR) is 89.3 cm³/mol. The first-order chi connectivity index (χ1) is 11.4. The molecule has 1 aliphatic heterocycles. The molecular weight excluding hydrogens is 290 g/mol. The first-order valence-corrected chi connectivity index (χ1v) is 8.21. The van der Waals surface area contributed by atoms with E-state index in [0.717, 1.165) is 62.9 Å². The van der Waals surface area contributed by atoms with Crippen molar-refractivity contribution in [1.82, 2.24) is 14.5 Å². The molecule has 0 aliphatic carbocycles. The van der Waals surface area contributed by atoms with Crippen LogP contribution in [0.1, 0.15) is 6.42 Å². The molecule has 3 aromatic rings. The van der Waals surface area contributed by atoms with Crippen molar-refractivity contribution in [2.75, 3.05) is 32.8 Å². The van der Waals surface area contributed by atoms with Gasteiger partial charge in [0.25, 0.3) is 0 Å². The maximum absolute atomic E-state index is 5.58. The summed E-state index contributed by atoms with van der Waals surface area (Å²) >= 11 is 0. The van der Waals surface area contributed by atoms with Crippen LogP contribution in [0.3, 0.4) is 0 Å². The number of aromatic nitrogens is 2. The highest BCUT2D eigenvalue weighted by atomic mass is 16.5. The first-order valence-electron chi connectivity index (χ1n) is 8.21. The van der Waals surface area contributed by atoms with Gasteiger partial charge in [-0.2, -0.15) is 0 Å². The number of fused-ring (bicyclic) bond motifs is 1. The molecule has 120 valence electrons. The highest BCUT2D eigenvalue weighted by molar-refractivity contribution is 5.79. The lowest BCUT2D eigenvalue weighted by molar-refractivity contribution is 0.0370. The second-order valence-corrected chi connectivity index (χ2v) is 5.86. The fraction of sp³-hybridized carbons (Fsp3) is 0.389. The summed E-state index contributed by atoms with van der Waals surface area (Å²) in [6.07, 6.45) is 2.79. The van der Waals surface area contributed by atoms with E-state index >= 15 is 0 Å². The molecule has 4 rings (SSSR count). The number of benzene rings is 1. The minimum absolute atomic E-state index is 0.826. The van der Waals surface area contributed by atoms with Crippen LogP contribution >= 0.6 is 0 Å². The molecule has 1 fully saturated rings. The maximum atomic E-state index is 5.58. The van der Waals surface area contributed by atoms with Crippen molar-refractivity contribution >= 4 is 11.0 Å². The number of furan rings is 1. The van der Waals surface area contributed by atoms with Crippen molar-refractivity contribution < 1.29 is 9.15 Å². The summed E-state index contributed by atoms with van der Waals surface area (Å²) in [6, 6.07) is 12.2. The Hall–Kier alpha value is -2.11. The minimum atomic E-state index is 0.826. The smallest absolute Gasteiger partial charge is 0.177 e. The van der Waals surface area contributed by atoms with Gasteiger partial charge in [-0.05, 0) is 30.7 Å². The van der Waals surface area contributed by atoms with Crippen LogP contribution in [-0.2, 0) is 11.3 Å². The molecule has 0 bridgehead atoms. The average Bonchev–Trinajstić information content (AvgIpc) is 3.24. The SMILES string of the molecule is c1coc(-c2nc3ccccc3n2CCCN2CCOCC2)c1. The van der Waals surface area contributed by atoms with Crippen molar-refractivity contribution in [2.24, 2.45) is 0 Å². The van der Waals surface area contributed by atoms with Crippen LogP contribution in [0, 0.1) is 0 Å². The van der Waals surface area contributed by atoms with Gasteiger partial charge in [-0.1, -0.05) is 12.1 Å². The molecule has 0 radical (unpaired) electrons. The van der Waals surface area contributed by atoms with Crippen LogP contribution in [0.15, 0.2) is 47.1 Å². The lowest BCUT2D eigenvalue weighted by atomic mass is 10.3. The number of hydrogen-bond donors (Lipinski definition) is 0. The predicted octanol–water partition coefficient (Wildman–Crippen LogP) is 3.02. The summed E-state index contributed by atoms with van der Waals surface area (Å²) in [4.78, 5) is 7.22. The molecule has 0 amide bonds. The van der Waals surface area contributed by atoms with Gasteiger partial charge in [0.05, 0.1) is 30.5 Å². The van der Waals surface area contributed by atoms with Crippen LogP contribution in [0.5, 0.6) is 0 Å². The number of imidazole rings is 1. The van der Waals surface area contributed by atoms with Crippen molar-refractivity contribution in [3.8, 4) is 11.6 Å². The van der Waals surface area contributed by atoms with E-state index in [1.54, 1.807) is 6.26 Å². The van der Waals surface area contributed by atoms with Crippen LogP contribution in [0.25, 0.3) is 22.6 Å². The Morgan fingerprint density at radius 2 is 1.87 bits per heavy atom. The third-order valence-electron chi connectivity index (χ3n) is 4.36. The van der Waals surface area contributed by atoms with Gasteiger partial charge >= 0.3 is 0 Å². The molecule has 23 heavy (non-hydrogen) atoms. The summed E-state index contributed by atoms with van der Waals surface area (Å²) in [5, 5.41) is 0. The van der Waals surface area contributed by atoms with Gasteiger partial charge < -0.3 is 13.7 Å². The topological polar surface area (TPSA) is 43.4 Å². The number of rotatable bonds is 5. The van der Waals surface area contributed by atoms with Crippen molar-refractivity contribution in [1.29, 1.82) is 0 Å². The van der Waals surface area contributed by atoms with E-state index < -0.39 is 0 Å². The van der Waals surface area contributed by atoms with Gasteiger partial charge in [-0.25, -0.2) is 4.98 Å². The number of aryl methyl sites for hydroxylation is 1. The Bertz CT molecular complexity index is 758. The molecule has 5 nitrogen and oxygen atoms in total. The Balaban J connectivity index is 1.56. The van der Waals surface area contributed by atoms with Crippen molar-refractivity contribution in [3.63, 3.8) is 0 Å². The molecule has 0 N–H and O–H groups in total. The highest BCUT2D eigenvalue weighted by Gasteiger charge is 2.15. The first kappa shape index (κ1) is 14.5. The average molecular weight is 311 g/mol. The molecule has 1 saturated heterocycles. The van der Waals surface area contributed by atoms with Crippen LogP contribution in [-0.4, -0.2) is 47.3 Å². The molecule has 5 heteroatoms. The number of morpholine rings is 1. The molecule has 3 heterocycles. The Morgan fingerprint density at radius 1 is 1.00 bits per heavy atom. The van der Waals surface area contributed by atoms with Gasteiger partial charge in [0, 0.05) is 26.2 Å². The van der Waals surface area contributed by atoms with E-state index in [-0.39, 0.29) is 0 Å². The monoisotopic (exact) mass is 311 g/mol. The van der Waals surface area contributed by atoms with Crippen LogP contribution in [0.2, 0.25) is 0 Å². The standard InChI is InChI=1S/C18H21N3O2/c1-2-6-16-15(5-1)19-18(17-7-3-12-23-17)21(16)9-4-8-20-10-13-22-14-11-20/h1-3,5-7,12H,4,8-11,13-14H2. The molecule has 1 aromatic carbocycles. The quantitative estimate of drug-likeness (QED) is 0.726. The van der Waals surface area contributed by atoms with Gasteiger partial charge in [0.1, 0.15) is 0 Å². The second kappa shape index (κ2) is 6.56. The number of ether oxygens (including phenoxy) is 1. The van der Waals surface area contributed by atoms with E-state index in [1.165, 1.54) is 5.52 Å². The molecule has 1 aliphatic rings. The van der Waals surface area contributed by atoms with Gasteiger partial charge in [0.2, 0.25) is 0 Å². The van der Waals surface area contributed by atoms with Crippen molar-refractivity contribution in [2.45, 2.75) is 13.0 Å². The summed E-state index contributed by atoms with van der Waals surface area (Å²) < 4.78 is 13.3. The lowest BCUT2D eigenvalue weighted by Crippen LogP contribution is -2.37. The summed E-state index contributed by atoms with van der Waals surface area (Å²) in [5.41, 5.74) is 2.19. The zero-order valence-corrected chi connectivity index (χ0v) is 13.1. The number of para-hydroxylation sites is 2. The van der Waals surface area contributed by atoms with E-state index in [0.29, 0.717) is 0 Å². The van der Waals surface area contributed by atoms with E-state index in [9.17, 15) is 0 Å². The molecule has 0 atom stereocenters. The fourth-order valence-corrected chi connectivity index (χ4v) is 3.17. The number of hydrogen-bond acceptors (Lipinski definition) is 4. The summed E-state index contributed by atoms with van der Waals surface area (Å²) in [7, 11) is 0. The van der Waals surface area contributed by atoms with Gasteiger partial charge in [-0.3, -0.25) is 4.90 Å². The van der Waals surface area contributed by atoms with Crippen molar-refractivity contribution in [3.05, 3.63) is 42.7 Å². The van der Waals surface area contributed by atoms with Crippen LogP contribution in [0.4, 0.5) is 0 Å². The molecule has 0 unspecified atom stereocenters. The largest absolute Gasteiger partial charge is 0.461 e. The van der Waals surface area contributed by atoms with Gasteiger partial charge in [-0.15, -0.1) is 0 Å². The normalized spacial score (nSPS) is 16.2. The second-order valence-electron chi connectivity index (χ2n) is 5.86. The zero-order chi connectivity index (χ0) is 15.5. The van der Waals surface area contributed by atoms with E-state index in [2.05, 4.69) is 27.7 Å². The maximum Gasteiger partial charge on any atom is 0.177 e. The van der Waals surface area contributed by atoms with E-state index in [4.69, 9.17) is 14.1 Å². The fourth-order valence-electron chi connectivity index (χ4n) is 3.17. The lowest BCUT2D eigenvalue weighted by Gasteiger charge is -2.26. The number of nitrogens with zero attached hydrogens (tertiary/aromatic N) is 3. The molecule has 0 saturated carbocycles. The Kier molecular flexibility index (Phi) is 4.13. The summed E-state index contributed by atoms with van der Waals surface area (Å²) in [5.74, 6) is 1.74. The summed E-state index contributed by atoms with van der Waals surface area (Å²) in [6.45, 7) is 5.81. The molecular formula is C18H21N3O2. The Labute approximate surface area is 135 Å². The van der Waals surface area contributed by atoms with E-state index in [1.807, 2.05) is 18.2 Å². The van der Waals surface area contributed by atoms with Crippen LogP contribution < -0.4 is 0 Å². The molecule has 0 spiro atoms.